The van der Waals surface area contributed by atoms with E-state index < -0.39 is 67.3 Å². The highest BCUT2D eigenvalue weighted by Gasteiger charge is 2.61. The molecule has 2 bridgehead atoms. The van der Waals surface area contributed by atoms with Crippen molar-refractivity contribution >= 4 is 59.6 Å². The molecule has 2 N–H and O–H groups in total. The van der Waals surface area contributed by atoms with Gasteiger partial charge in [0.15, 0.2) is 0 Å². The Morgan fingerprint density at radius 1 is 1.11 bits per heavy atom. The second kappa shape index (κ2) is 10.7. The van der Waals surface area contributed by atoms with Crippen molar-refractivity contribution in [2.75, 3.05) is 20.6 Å². The molecular weight excluding hydrogens is 516 g/mol. The summed E-state index contributed by atoms with van der Waals surface area (Å²) in [4.78, 5) is 64.6. The van der Waals surface area contributed by atoms with E-state index in [4.69, 9.17) is 37.2 Å². The molecule has 1 aromatic carbocycles. The maximum atomic E-state index is 12.9. The summed E-state index contributed by atoms with van der Waals surface area (Å²) < 4.78 is 16.8. The number of hydrogen-bond acceptors (Lipinski definition) is 8. The van der Waals surface area contributed by atoms with Gasteiger partial charge in [0.1, 0.15) is 5.60 Å². The normalized spacial score (nSPS) is 23.9. The summed E-state index contributed by atoms with van der Waals surface area (Å²) in [6.45, 7) is -0.0193. The SMILES string of the molecule is CC(C)CC(NC(=O)CNC(=O)c1cc(Cl)ccc1Cl)[B-]12OC(=O)CC(C(=O)N(C)C)(CC(=O)O1)O2. The molecule has 0 aromatic heterocycles. The van der Waals surface area contributed by atoms with Crippen molar-refractivity contribution in [3.05, 3.63) is 33.8 Å². The molecule has 14 heteroatoms. The van der Waals surface area contributed by atoms with E-state index in [1.807, 2.05) is 13.8 Å². The average molecular weight is 543 g/mol. The largest absolute Gasteiger partial charge is 0.632 e. The topological polar surface area (TPSA) is 140 Å². The number of carbonyl (C=O) groups excluding carboxylic acids is 5. The van der Waals surface area contributed by atoms with E-state index in [1.54, 1.807) is 0 Å². The summed E-state index contributed by atoms with van der Waals surface area (Å²) in [5.41, 5.74) is -1.72. The van der Waals surface area contributed by atoms with Gasteiger partial charge in [-0.05, 0) is 24.1 Å². The molecule has 2 saturated heterocycles. The molecule has 2 heterocycles. The number of rotatable bonds is 8. The average Bonchev–Trinajstić information content (AvgIpc) is 2.76. The lowest BCUT2D eigenvalue weighted by Crippen LogP contribution is -2.75. The minimum absolute atomic E-state index is 0.0739. The van der Waals surface area contributed by atoms with Crippen molar-refractivity contribution in [2.45, 2.75) is 44.7 Å². The van der Waals surface area contributed by atoms with Crippen molar-refractivity contribution < 1.29 is 37.9 Å². The molecule has 3 rings (SSSR count). The molecule has 196 valence electrons. The van der Waals surface area contributed by atoms with Crippen LogP contribution < -0.4 is 10.6 Å². The molecule has 3 amide bonds. The lowest BCUT2D eigenvalue weighted by Gasteiger charge is -2.58. The molecule has 11 nitrogen and oxygen atoms in total. The Bertz CT molecular complexity index is 1080. The van der Waals surface area contributed by atoms with Crippen LogP contribution in [-0.4, -0.2) is 73.5 Å². The summed E-state index contributed by atoms with van der Waals surface area (Å²) in [7, 11) is 2.94. The minimum Gasteiger partial charge on any atom is -0.632 e. The fourth-order valence-electron chi connectivity index (χ4n) is 4.32. The molecule has 1 atom stereocenters. The molecule has 36 heavy (non-hydrogen) atoms. The van der Waals surface area contributed by atoms with E-state index in [1.165, 1.54) is 37.2 Å². The van der Waals surface area contributed by atoms with Crippen LogP contribution in [0.1, 0.15) is 43.5 Å². The lowest BCUT2D eigenvalue weighted by molar-refractivity contribution is -0.189. The minimum atomic E-state index is -3.21. The zero-order chi connectivity index (χ0) is 26.8. The third kappa shape index (κ3) is 5.93. The predicted molar refractivity (Wildman–Crippen MR) is 130 cm³/mol. The summed E-state index contributed by atoms with van der Waals surface area (Å²) in [6.07, 6.45) is -0.768. The van der Waals surface area contributed by atoms with Gasteiger partial charge < -0.3 is 29.5 Å². The first-order valence-corrected chi connectivity index (χ1v) is 12.0. The summed E-state index contributed by atoms with van der Waals surface area (Å²) >= 11 is 11.9. The highest BCUT2D eigenvalue weighted by Crippen LogP contribution is 2.41. The molecule has 2 aliphatic heterocycles. The number of amides is 3. The highest BCUT2D eigenvalue weighted by atomic mass is 35.5. The number of likely N-dealkylation sites (N-methyl/N-ethyl adjacent to an activating group) is 1. The molecule has 2 fully saturated rings. The van der Waals surface area contributed by atoms with Gasteiger partial charge in [0, 0.05) is 25.1 Å². The summed E-state index contributed by atoms with van der Waals surface area (Å²) in [5.74, 6) is -4.70. The Kier molecular flexibility index (Phi) is 8.22. The lowest BCUT2D eigenvalue weighted by atomic mass is 9.61. The first-order valence-electron chi connectivity index (χ1n) is 11.3. The van der Waals surface area contributed by atoms with Gasteiger partial charge in [-0.3, -0.25) is 24.0 Å². The van der Waals surface area contributed by atoms with E-state index in [0.29, 0.717) is 5.02 Å². The number of nitrogens with zero attached hydrogens (tertiary/aromatic N) is 1. The number of benzene rings is 1. The molecule has 1 unspecified atom stereocenters. The van der Waals surface area contributed by atoms with Gasteiger partial charge in [-0.2, -0.15) is 0 Å². The van der Waals surface area contributed by atoms with Crippen molar-refractivity contribution in [3.63, 3.8) is 0 Å². The predicted octanol–water partition coefficient (Wildman–Crippen LogP) is 1.47. The van der Waals surface area contributed by atoms with Crippen LogP contribution in [0, 0.1) is 5.92 Å². The Hall–Kier alpha value is -2.83. The maximum absolute atomic E-state index is 12.9. The fourth-order valence-corrected chi connectivity index (χ4v) is 4.70. The van der Waals surface area contributed by atoms with Crippen LogP contribution in [0.25, 0.3) is 0 Å². The van der Waals surface area contributed by atoms with E-state index in [0.717, 1.165) is 0 Å². The van der Waals surface area contributed by atoms with Gasteiger partial charge in [0.2, 0.25) is 5.91 Å². The van der Waals surface area contributed by atoms with Crippen LogP contribution in [0.5, 0.6) is 0 Å². The van der Waals surface area contributed by atoms with Crippen LogP contribution in [0.2, 0.25) is 10.0 Å². The van der Waals surface area contributed by atoms with Crippen molar-refractivity contribution in [2.24, 2.45) is 5.92 Å². The molecular formula is C22H27BCl2N3O8-. The second-order valence-electron chi connectivity index (χ2n) is 9.45. The molecule has 0 aliphatic carbocycles. The number of carbonyl (C=O) groups is 5. The van der Waals surface area contributed by atoms with Gasteiger partial charge in [-0.15, -0.1) is 0 Å². The first-order chi connectivity index (χ1) is 16.8. The third-order valence-electron chi connectivity index (χ3n) is 5.78. The Morgan fingerprint density at radius 2 is 1.72 bits per heavy atom. The fraction of sp³-hybridized carbons (Fsp3) is 0.500. The highest BCUT2D eigenvalue weighted by molar-refractivity contribution is 6.67. The molecule has 1 aromatic rings. The van der Waals surface area contributed by atoms with Crippen LogP contribution >= 0.6 is 23.2 Å². The summed E-state index contributed by atoms with van der Waals surface area (Å²) in [6, 6.07) is 4.33. The van der Waals surface area contributed by atoms with Gasteiger partial charge in [0.25, 0.3) is 23.8 Å². The summed E-state index contributed by atoms with van der Waals surface area (Å²) in [5, 5.41) is 5.51. The van der Waals surface area contributed by atoms with Crippen LogP contribution in [-0.2, 0) is 33.1 Å². The number of fused-ring (bicyclic) bond motifs is 2. The Balaban J connectivity index is 1.82. The van der Waals surface area contributed by atoms with E-state index in [9.17, 15) is 24.0 Å². The van der Waals surface area contributed by atoms with Gasteiger partial charge in [-0.1, -0.05) is 43.5 Å². The quantitative estimate of drug-likeness (QED) is 0.470. The van der Waals surface area contributed by atoms with Crippen molar-refractivity contribution in [3.8, 4) is 0 Å². The third-order valence-corrected chi connectivity index (χ3v) is 6.35. The van der Waals surface area contributed by atoms with Gasteiger partial charge in [-0.25, -0.2) is 0 Å². The molecule has 0 spiro atoms. The molecule has 0 radical (unpaired) electrons. The van der Waals surface area contributed by atoms with Crippen LogP contribution in [0.4, 0.5) is 0 Å². The monoisotopic (exact) mass is 542 g/mol. The zero-order valence-electron chi connectivity index (χ0n) is 20.3. The standard InChI is InChI=1S/C22H27BCl2N3O8/c1-12(2)7-16(27-17(29)11-26-20(32)14-8-13(24)5-6-15(14)25)23-34-18(30)9-22(36-23,10-19(31)35-23)21(33)28(3)4/h5-6,8,12,16H,7,9-11H2,1-4H3,(H,26,32)(H,27,29)/q-1. The molecule has 2 aliphatic rings. The number of halogens is 2. The second-order valence-corrected chi connectivity index (χ2v) is 10.3. The molecule has 0 saturated carbocycles. The van der Waals surface area contributed by atoms with Crippen molar-refractivity contribution in [1.29, 1.82) is 0 Å². The zero-order valence-corrected chi connectivity index (χ0v) is 21.8. The Labute approximate surface area is 218 Å². The smallest absolute Gasteiger partial charge is 0.518 e. The number of nitrogens with one attached hydrogen (secondary N) is 2. The van der Waals surface area contributed by atoms with Crippen LogP contribution in [0.15, 0.2) is 18.2 Å². The maximum Gasteiger partial charge on any atom is 0.518 e. The van der Waals surface area contributed by atoms with E-state index in [-0.39, 0.29) is 22.9 Å². The number of hydrogen-bond donors (Lipinski definition) is 2. The Morgan fingerprint density at radius 3 is 2.28 bits per heavy atom. The first kappa shape index (κ1) is 27.8. The van der Waals surface area contributed by atoms with Gasteiger partial charge >= 0.3 is 6.75 Å². The van der Waals surface area contributed by atoms with E-state index in [2.05, 4.69) is 10.6 Å². The van der Waals surface area contributed by atoms with Gasteiger partial charge in [0.05, 0.1) is 30.0 Å². The van der Waals surface area contributed by atoms with E-state index >= 15 is 0 Å². The van der Waals surface area contributed by atoms with Crippen molar-refractivity contribution in [1.82, 2.24) is 15.5 Å². The van der Waals surface area contributed by atoms with Crippen LogP contribution in [0.3, 0.4) is 0 Å².